The van der Waals surface area contributed by atoms with Gasteiger partial charge in [-0.3, -0.25) is 4.90 Å². The molecule has 4 heteroatoms. The van der Waals surface area contributed by atoms with Gasteiger partial charge in [0.1, 0.15) is 0 Å². The van der Waals surface area contributed by atoms with Crippen molar-refractivity contribution in [1.82, 2.24) is 4.90 Å². The van der Waals surface area contributed by atoms with E-state index in [4.69, 9.17) is 15.2 Å². The third-order valence-electron chi connectivity index (χ3n) is 4.08. The molecule has 0 aromatic rings. The van der Waals surface area contributed by atoms with Crippen LogP contribution in [0.15, 0.2) is 0 Å². The largest absolute Gasteiger partial charge is 0.383 e. The van der Waals surface area contributed by atoms with E-state index in [1.807, 2.05) is 0 Å². The molecule has 108 valence electrons. The highest BCUT2D eigenvalue weighted by atomic mass is 16.5. The van der Waals surface area contributed by atoms with Crippen molar-refractivity contribution in [2.24, 2.45) is 5.73 Å². The Kier molecular flexibility index (Phi) is 5.59. The Labute approximate surface area is 112 Å². The zero-order valence-corrected chi connectivity index (χ0v) is 12.7. The summed E-state index contributed by atoms with van der Waals surface area (Å²) in [7, 11) is 1.76. The van der Waals surface area contributed by atoms with Gasteiger partial charge in [0.2, 0.25) is 0 Å². The van der Waals surface area contributed by atoms with E-state index in [1.165, 1.54) is 0 Å². The summed E-state index contributed by atoms with van der Waals surface area (Å²) >= 11 is 0. The fraction of sp³-hybridized carbons (Fsp3) is 1.00. The molecule has 1 aliphatic rings. The summed E-state index contributed by atoms with van der Waals surface area (Å²) in [6.45, 7) is 12.0. The maximum atomic E-state index is 6.13. The summed E-state index contributed by atoms with van der Waals surface area (Å²) in [6, 6.07) is 0.387. The second kappa shape index (κ2) is 6.33. The molecule has 1 saturated heterocycles. The first-order chi connectivity index (χ1) is 8.40. The Morgan fingerprint density at radius 2 is 2.11 bits per heavy atom. The SMILES string of the molecule is CCN(C(C)COC)C1(CN)CCOC(C)(C)C1. The monoisotopic (exact) mass is 258 g/mol. The van der Waals surface area contributed by atoms with Gasteiger partial charge >= 0.3 is 0 Å². The maximum Gasteiger partial charge on any atom is 0.0644 e. The zero-order chi connectivity index (χ0) is 13.8. The first-order valence-electron chi connectivity index (χ1n) is 7.00. The Hall–Kier alpha value is -0.160. The normalized spacial score (nSPS) is 29.5. The first kappa shape index (κ1) is 15.9. The summed E-state index contributed by atoms with van der Waals surface area (Å²) in [5.41, 5.74) is 6.10. The Morgan fingerprint density at radius 3 is 2.56 bits per heavy atom. The molecule has 1 aliphatic heterocycles. The molecule has 0 saturated carbocycles. The highest BCUT2D eigenvalue weighted by molar-refractivity contribution is 5.00. The van der Waals surface area contributed by atoms with Gasteiger partial charge in [-0.05, 0) is 40.2 Å². The molecule has 18 heavy (non-hydrogen) atoms. The maximum absolute atomic E-state index is 6.13. The van der Waals surface area contributed by atoms with Crippen LogP contribution in [0.4, 0.5) is 0 Å². The fourth-order valence-electron chi connectivity index (χ4n) is 3.43. The van der Waals surface area contributed by atoms with Gasteiger partial charge in [0, 0.05) is 31.8 Å². The van der Waals surface area contributed by atoms with Crippen LogP contribution in [-0.2, 0) is 9.47 Å². The number of ether oxygens (including phenoxy) is 2. The van der Waals surface area contributed by atoms with Crippen molar-refractivity contribution < 1.29 is 9.47 Å². The van der Waals surface area contributed by atoms with Crippen molar-refractivity contribution in [3.05, 3.63) is 0 Å². The highest BCUT2D eigenvalue weighted by Gasteiger charge is 2.44. The van der Waals surface area contributed by atoms with E-state index in [0.717, 1.165) is 32.6 Å². The second-order valence-corrected chi connectivity index (χ2v) is 6.05. The van der Waals surface area contributed by atoms with Gasteiger partial charge in [-0.2, -0.15) is 0 Å². The molecule has 4 nitrogen and oxygen atoms in total. The predicted molar refractivity (Wildman–Crippen MR) is 74.8 cm³/mol. The number of nitrogens with zero attached hydrogens (tertiary/aromatic N) is 1. The average molecular weight is 258 g/mol. The minimum absolute atomic E-state index is 0.0500. The van der Waals surface area contributed by atoms with E-state index < -0.39 is 0 Å². The molecule has 0 radical (unpaired) electrons. The van der Waals surface area contributed by atoms with Crippen LogP contribution in [0.25, 0.3) is 0 Å². The van der Waals surface area contributed by atoms with Gasteiger partial charge < -0.3 is 15.2 Å². The number of nitrogens with two attached hydrogens (primary N) is 1. The molecular weight excluding hydrogens is 228 g/mol. The number of hydrogen-bond donors (Lipinski definition) is 1. The van der Waals surface area contributed by atoms with Crippen LogP contribution >= 0.6 is 0 Å². The van der Waals surface area contributed by atoms with Crippen molar-refractivity contribution in [3.8, 4) is 0 Å². The van der Waals surface area contributed by atoms with Crippen LogP contribution in [0.3, 0.4) is 0 Å². The van der Waals surface area contributed by atoms with Crippen LogP contribution in [0.1, 0.15) is 40.5 Å². The number of hydrogen-bond acceptors (Lipinski definition) is 4. The van der Waals surface area contributed by atoms with Crippen molar-refractivity contribution in [2.75, 3.05) is 33.4 Å². The lowest BCUT2D eigenvalue weighted by Crippen LogP contribution is -2.63. The first-order valence-corrected chi connectivity index (χ1v) is 7.00. The number of methoxy groups -OCH3 is 1. The summed E-state index contributed by atoms with van der Waals surface area (Å²) in [5.74, 6) is 0. The topological polar surface area (TPSA) is 47.7 Å². The molecule has 2 atom stereocenters. The second-order valence-electron chi connectivity index (χ2n) is 6.05. The van der Waals surface area contributed by atoms with Crippen molar-refractivity contribution in [3.63, 3.8) is 0 Å². The summed E-state index contributed by atoms with van der Waals surface area (Å²) in [5, 5.41) is 0. The van der Waals surface area contributed by atoms with Gasteiger partial charge in [0.15, 0.2) is 0 Å². The van der Waals surface area contributed by atoms with Crippen LogP contribution in [0.2, 0.25) is 0 Å². The summed E-state index contributed by atoms with van der Waals surface area (Å²) in [6.07, 6.45) is 1.99. The number of likely N-dealkylation sites (N-methyl/N-ethyl adjacent to an activating group) is 1. The van der Waals surface area contributed by atoms with Crippen molar-refractivity contribution in [1.29, 1.82) is 0 Å². The van der Waals surface area contributed by atoms with Gasteiger partial charge in [-0.15, -0.1) is 0 Å². The van der Waals surface area contributed by atoms with E-state index in [9.17, 15) is 0 Å². The molecule has 0 aromatic heterocycles. The highest BCUT2D eigenvalue weighted by Crippen LogP contribution is 2.36. The third kappa shape index (κ3) is 3.44. The summed E-state index contributed by atoms with van der Waals surface area (Å²) < 4.78 is 11.1. The molecule has 2 unspecified atom stereocenters. The zero-order valence-electron chi connectivity index (χ0n) is 12.7. The van der Waals surface area contributed by atoms with E-state index in [-0.39, 0.29) is 11.1 Å². The molecule has 1 heterocycles. The number of rotatable bonds is 6. The fourth-order valence-corrected chi connectivity index (χ4v) is 3.43. The molecule has 0 bridgehead atoms. The van der Waals surface area contributed by atoms with E-state index in [1.54, 1.807) is 7.11 Å². The molecule has 1 fully saturated rings. The molecular formula is C14H30N2O2. The molecule has 1 rings (SSSR count). The molecule has 0 aliphatic carbocycles. The lowest BCUT2D eigenvalue weighted by molar-refractivity contribution is -0.128. The lowest BCUT2D eigenvalue weighted by atomic mass is 9.79. The van der Waals surface area contributed by atoms with E-state index >= 15 is 0 Å². The van der Waals surface area contributed by atoms with Gasteiger partial charge in [-0.1, -0.05) is 6.92 Å². The standard InChI is InChI=1S/C14H30N2O2/c1-6-16(12(2)9-17-5)14(11-15)7-8-18-13(3,4)10-14/h12H,6-11,15H2,1-5H3. The molecule has 2 N–H and O–H groups in total. The van der Waals surface area contributed by atoms with Gasteiger partial charge in [-0.25, -0.2) is 0 Å². The van der Waals surface area contributed by atoms with Crippen molar-refractivity contribution >= 4 is 0 Å². The molecule has 0 spiro atoms. The van der Waals surface area contributed by atoms with Crippen LogP contribution in [-0.4, -0.2) is 55.5 Å². The van der Waals surface area contributed by atoms with Gasteiger partial charge in [0.25, 0.3) is 0 Å². The van der Waals surface area contributed by atoms with Gasteiger partial charge in [0.05, 0.1) is 12.2 Å². The van der Waals surface area contributed by atoms with E-state index in [0.29, 0.717) is 12.6 Å². The Bertz CT molecular complexity index is 258. The Balaban J connectivity index is 2.89. The average Bonchev–Trinajstić information content (AvgIpc) is 2.29. The summed E-state index contributed by atoms with van der Waals surface area (Å²) in [4.78, 5) is 2.50. The molecule has 0 aromatic carbocycles. The predicted octanol–water partition coefficient (Wildman–Crippen LogP) is 1.63. The Morgan fingerprint density at radius 1 is 1.44 bits per heavy atom. The molecule has 0 amide bonds. The smallest absolute Gasteiger partial charge is 0.0644 e. The van der Waals surface area contributed by atoms with E-state index in [2.05, 4.69) is 32.6 Å². The minimum Gasteiger partial charge on any atom is -0.383 e. The van der Waals surface area contributed by atoms with Crippen LogP contribution in [0, 0.1) is 0 Å². The third-order valence-corrected chi connectivity index (χ3v) is 4.08. The van der Waals surface area contributed by atoms with Crippen LogP contribution in [0.5, 0.6) is 0 Å². The van der Waals surface area contributed by atoms with Crippen LogP contribution < -0.4 is 5.73 Å². The van der Waals surface area contributed by atoms with Crippen molar-refractivity contribution in [2.45, 2.75) is 57.7 Å². The quantitative estimate of drug-likeness (QED) is 0.786. The minimum atomic E-state index is -0.0855. The lowest BCUT2D eigenvalue weighted by Gasteiger charge is -2.52.